The largest absolute Gasteiger partial charge is 0.492 e. The quantitative estimate of drug-likeness (QED) is 0.251. The molecular formula is C18H30IN3O2. The summed E-state index contributed by atoms with van der Waals surface area (Å²) >= 11 is 0. The van der Waals surface area contributed by atoms with E-state index in [-0.39, 0.29) is 24.0 Å². The number of benzene rings is 1. The van der Waals surface area contributed by atoms with Gasteiger partial charge in [-0.1, -0.05) is 12.1 Å². The van der Waals surface area contributed by atoms with Crippen LogP contribution in [0.15, 0.2) is 29.3 Å². The van der Waals surface area contributed by atoms with Gasteiger partial charge in [0.15, 0.2) is 5.96 Å². The lowest BCUT2D eigenvalue weighted by Gasteiger charge is -2.12. The molecule has 136 valence electrons. The normalized spacial score (nSPS) is 14.0. The van der Waals surface area contributed by atoms with Crippen LogP contribution in [-0.4, -0.2) is 45.9 Å². The summed E-state index contributed by atoms with van der Waals surface area (Å²) in [6.45, 7) is 6.00. The predicted molar refractivity (Wildman–Crippen MR) is 110 cm³/mol. The van der Waals surface area contributed by atoms with Gasteiger partial charge >= 0.3 is 0 Å². The van der Waals surface area contributed by atoms with Gasteiger partial charge in [0.25, 0.3) is 0 Å². The van der Waals surface area contributed by atoms with Gasteiger partial charge in [0.2, 0.25) is 0 Å². The molecule has 6 heteroatoms. The third kappa shape index (κ3) is 9.32. The van der Waals surface area contributed by atoms with Crippen molar-refractivity contribution < 1.29 is 9.47 Å². The van der Waals surface area contributed by atoms with Crippen LogP contribution in [-0.2, 0) is 4.74 Å². The molecule has 1 aliphatic rings. The monoisotopic (exact) mass is 447 g/mol. The molecule has 0 heterocycles. The highest BCUT2D eigenvalue weighted by Gasteiger charge is 2.20. The highest BCUT2D eigenvalue weighted by molar-refractivity contribution is 14.0. The van der Waals surface area contributed by atoms with Crippen LogP contribution in [0.1, 0.15) is 24.8 Å². The zero-order valence-corrected chi connectivity index (χ0v) is 17.0. The Morgan fingerprint density at radius 3 is 2.71 bits per heavy atom. The van der Waals surface area contributed by atoms with Gasteiger partial charge in [-0.3, -0.25) is 4.99 Å². The van der Waals surface area contributed by atoms with Crippen molar-refractivity contribution in [2.24, 2.45) is 10.9 Å². The lowest BCUT2D eigenvalue weighted by atomic mass is 10.2. The Kier molecular flexibility index (Phi) is 10.8. The van der Waals surface area contributed by atoms with Gasteiger partial charge < -0.3 is 20.1 Å². The summed E-state index contributed by atoms with van der Waals surface area (Å²) in [7, 11) is 1.78. The van der Waals surface area contributed by atoms with E-state index in [0.29, 0.717) is 13.2 Å². The van der Waals surface area contributed by atoms with Crippen molar-refractivity contribution in [2.45, 2.75) is 26.2 Å². The highest BCUT2D eigenvalue weighted by Crippen LogP contribution is 2.28. The number of nitrogens with zero attached hydrogens (tertiary/aromatic N) is 1. The number of aliphatic imine (C=N–C) groups is 1. The van der Waals surface area contributed by atoms with Crippen LogP contribution in [0.5, 0.6) is 5.75 Å². The van der Waals surface area contributed by atoms with Gasteiger partial charge in [0.05, 0.1) is 6.54 Å². The van der Waals surface area contributed by atoms with E-state index in [0.717, 1.165) is 43.8 Å². The van der Waals surface area contributed by atoms with Crippen molar-refractivity contribution in [3.63, 3.8) is 0 Å². The van der Waals surface area contributed by atoms with E-state index < -0.39 is 0 Å². The molecule has 0 amide bonds. The van der Waals surface area contributed by atoms with Crippen molar-refractivity contribution in [1.82, 2.24) is 10.6 Å². The molecule has 1 aliphatic carbocycles. The number of halogens is 1. The molecule has 2 N–H and O–H groups in total. The molecule has 1 fully saturated rings. The van der Waals surface area contributed by atoms with Crippen molar-refractivity contribution in [2.75, 3.05) is 40.0 Å². The second-order valence-corrected chi connectivity index (χ2v) is 5.96. The Hall–Kier alpha value is -1.02. The smallest absolute Gasteiger partial charge is 0.191 e. The van der Waals surface area contributed by atoms with Gasteiger partial charge in [-0.05, 0) is 49.8 Å². The van der Waals surface area contributed by atoms with E-state index in [1.165, 1.54) is 18.4 Å². The Morgan fingerprint density at radius 1 is 1.21 bits per heavy atom. The van der Waals surface area contributed by atoms with Gasteiger partial charge in [-0.15, -0.1) is 24.0 Å². The van der Waals surface area contributed by atoms with Crippen molar-refractivity contribution in [1.29, 1.82) is 0 Å². The van der Waals surface area contributed by atoms with Gasteiger partial charge in [-0.25, -0.2) is 0 Å². The van der Waals surface area contributed by atoms with E-state index in [2.05, 4.69) is 28.6 Å². The Morgan fingerprint density at radius 2 is 2.00 bits per heavy atom. The maximum atomic E-state index is 5.70. The second-order valence-electron chi connectivity index (χ2n) is 5.96. The third-order valence-electron chi connectivity index (χ3n) is 3.68. The molecule has 0 atom stereocenters. The summed E-state index contributed by atoms with van der Waals surface area (Å²) in [4.78, 5) is 4.20. The molecule has 24 heavy (non-hydrogen) atoms. The van der Waals surface area contributed by atoms with E-state index in [9.17, 15) is 0 Å². The minimum absolute atomic E-state index is 0. The first-order chi connectivity index (χ1) is 11.3. The molecule has 0 unspecified atom stereocenters. The average Bonchev–Trinajstić information content (AvgIpc) is 3.37. The van der Waals surface area contributed by atoms with E-state index in [1.54, 1.807) is 7.05 Å². The lowest BCUT2D eigenvalue weighted by molar-refractivity contribution is 0.123. The molecule has 0 saturated heterocycles. The summed E-state index contributed by atoms with van der Waals surface area (Å²) in [5.41, 5.74) is 1.21. The standard InChI is InChI=1S/C18H29N3O2.HI/c1-15-5-3-6-17(13-15)23-12-10-21-18(19-2)20-9-4-11-22-14-16-7-8-16;/h3,5-6,13,16H,4,7-12,14H2,1-2H3,(H2,19,20,21);1H. The van der Waals surface area contributed by atoms with E-state index >= 15 is 0 Å². The molecule has 5 nitrogen and oxygen atoms in total. The molecular weight excluding hydrogens is 417 g/mol. The van der Waals surface area contributed by atoms with E-state index in [4.69, 9.17) is 9.47 Å². The fourth-order valence-corrected chi connectivity index (χ4v) is 2.18. The molecule has 1 aromatic rings. The maximum absolute atomic E-state index is 5.70. The molecule has 0 radical (unpaired) electrons. The lowest BCUT2D eigenvalue weighted by Crippen LogP contribution is -2.39. The molecule has 1 aromatic carbocycles. The van der Waals surface area contributed by atoms with Gasteiger partial charge in [0.1, 0.15) is 12.4 Å². The molecule has 0 aromatic heterocycles. The van der Waals surface area contributed by atoms with Crippen molar-refractivity contribution in [3.8, 4) is 5.75 Å². The van der Waals surface area contributed by atoms with Gasteiger partial charge in [-0.2, -0.15) is 0 Å². The fourth-order valence-electron chi connectivity index (χ4n) is 2.18. The van der Waals surface area contributed by atoms with Crippen molar-refractivity contribution >= 4 is 29.9 Å². The number of hydrogen-bond acceptors (Lipinski definition) is 3. The molecule has 2 rings (SSSR count). The van der Waals surface area contributed by atoms with Crippen molar-refractivity contribution in [3.05, 3.63) is 29.8 Å². The first-order valence-corrected chi connectivity index (χ1v) is 8.49. The number of aryl methyl sites for hydroxylation is 1. The Labute approximate surface area is 162 Å². The van der Waals surface area contributed by atoms with Crippen LogP contribution in [0.2, 0.25) is 0 Å². The average molecular weight is 447 g/mol. The van der Waals surface area contributed by atoms with Crippen LogP contribution < -0.4 is 15.4 Å². The fraction of sp³-hybridized carbons (Fsp3) is 0.611. The highest BCUT2D eigenvalue weighted by atomic mass is 127. The van der Waals surface area contributed by atoms with Crippen LogP contribution >= 0.6 is 24.0 Å². The number of ether oxygens (including phenoxy) is 2. The summed E-state index contributed by atoms with van der Waals surface area (Å²) in [5, 5.41) is 6.53. The number of guanidine groups is 1. The first-order valence-electron chi connectivity index (χ1n) is 8.49. The van der Waals surface area contributed by atoms with E-state index in [1.807, 2.05) is 18.2 Å². The maximum Gasteiger partial charge on any atom is 0.191 e. The molecule has 0 spiro atoms. The van der Waals surface area contributed by atoms with Gasteiger partial charge in [0, 0.05) is 26.8 Å². The molecule has 1 saturated carbocycles. The molecule has 0 aliphatic heterocycles. The number of nitrogens with one attached hydrogen (secondary N) is 2. The molecule has 0 bridgehead atoms. The minimum Gasteiger partial charge on any atom is -0.492 e. The third-order valence-corrected chi connectivity index (χ3v) is 3.68. The summed E-state index contributed by atoms with van der Waals surface area (Å²) in [6, 6.07) is 8.07. The Bertz CT molecular complexity index is 493. The van der Waals surface area contributed by atoms with Crippen LogP contribution in [0.4, 0.5) is 0 Å². The number of rotatable bonds is 10. The summed E-state index contributed by atoms with van der Waals surface area (Å²) < 4.78 is 11.3. The SMILES string of the molecule is CN=C(NCCCOCC1CC1)NCCOc1cccc(C)c1.I. The topological polar surface area (TPSA) is 54.9 Å². The Balaban J connectivity index is 0.00000288. The zero-order valence-electron chi connectivity index (χ0n) is 14.7. The number of hydrogen-bond donors (Lipinski definition) is 2. The zero-order chi connectivity index (χ0) is 16.3. The van der Waals surface area contributed by atoms with Crippen LogP contribution in [0.3, 0.4) is 0 Å². The summed E-state index contributed by atoms with van der Waals surface area (Å²) in [5.74, 6) is 2.55. The predicted octanol–water partition coefficient (Wildman–Crippen LogP) is 2.97. The summed E-state index contributed by atoms with van der Waals surface area (Å²) in [6.07, 6.45) is 3.69. The minimum atomic E-state index is 0. The second kappa shape index (κ2) is 12.4. The first kappa shape index (κ1) is 21.0. The van der Waals surface area contributed by atoms with Crippen LogP contribution in [0, 0.1) is 12.8 Å². The van der Waals surface area contributed by atoms with Crippen LogP contribution in [0.25, 0.3) is 0 Å².